The van der Waals surface area contributed by atoms with Crippen LogP contribution in [-0.2, 0) is 4.79 Å². The van der Waals surface area contributed by atoms with Crippen LogP contribution in [0.25, 0.3) is 0 Å². The molecule has 0 aliphatic heterocycles. The van der Waals surface area contributed by atoms with Gasteiger partial charge in [0, 0.05) is 18.5 Å². The number of amides is 1. The van der Waals surface area contributed by atoms with Crippen molar-refractivity contribution in [3.05, 3.63) is 0 Å². The molecular formula is C13H20F3NO2. The van der Waals surface area contributed by atoms with Gasteiger partial charge in [-0.2, -0.15) is 13.2 Å². The smallest absolute Gasteiger partial charge is 0.392 e. The summed E-state index contributed by atoms with van der Waals surface area (Å²) in [5.74, 6) is -2.85. The first-order valence-electron chi connectivity index (χ1n) is 6.93. The van der Waals surface area contributed by atoms with E-state index in [4.69, 9.17) is 5.11 Å². The predicted octanol–water partition coefficient (Wildman–Crippen LogP) is 2.34. The van der Waals surface area contributed by atoms with Gasteiger partial charge in [0.15, 0.2) is 0 Å². The third kappa shape index (κ3) is 3.41. The highest BCUT2D eigenvalue weighted by atomic mass is 19.4. The minimum absolute atomic E-state index is 0.0514. The fourth-order valence-electron chi connectivity index (χ4n) is 3.00. The van der Waals surface area contributed by atoms with Crippen LogP contribution in [0.3, 0.4) is 0 Å². The van der Waals surface area contributed by atoms with E-state index in [1.807, 2.05) is 0 Å². The summed E-state index contributed by atoms with van der Waals surface area (Å²) in [5.41, 5.74) is 0. The van der Waals surface area contributed by atoms with Crippen LogP contribution in [0.4, 0.5) is 13.2 Å². The van der Waals surface area contributed by atoms with Crippen molar-refractivity contribution in [2.24, 2.45) is 11.8 Å². The summed E-state index contributed by atoms with van der Waals surface area (Å²) in [6.07, 6.45) is -1.02. The highest BCUT2D eigenvalue weighted by Gasteiger charge is 2.50. The monoisotopic (exact) mass is 279 g/mol. The average molecular weight is 279 g/mol. The molecule has 0 aromatic carbocycles. The normalized spacial score (nSPS) is 28.2. The van der Waals surface area contributed by atoms with E-state index < -0.39 is 23.9 Å². The van der Waals surface area contributed by atoms with E-state index in [9.17, 15) is 18.0 Å². The molecule has 2 fully saturated rings. The predicted molar refractivity (Wildman–Crippen MR) is 63.3 cm³/mol. The van der Waals surface area contributed by atoms with Crippen molar-refractivity contribution in [3.8, 4) is 0 Å². The molecule has 2 aliphatic rings. The van der Waals surface area contributed by atoms with Crippen LogP contribution >= 0.6 is 0 Å². The molecule has 2 unspecified atom stereocenters. The molecular weight excluding hydrogens is 259 g/mol. The zero-order valence-corrected chi connectivity index (χ0v) is 10.8. The summed E-state index contributed by atoms with van der Waals surface area (Å²) in [5, 5.41) is 8.97. The Bertz CT molecular complexity index is 328. The van der Waals surface area contributed by atoms with Crippen LogP contribution < -0.4 is 0 Å². The maximum absolute atomic E-state index is 13.0. The number of carbonyl (C=O) groups excluding carboxylic acids is 1. The fraction of sp³-hybridized carbons (Fsp3) is 0.923. The zero-order valence-electron chi connectivity index (χ0n) is 10.8. The summed E-state index contributed by atoms with van der Waals surface area (Å²) in [7, 11) is 0. The van der Waals surface area contributed by atoms with Gasteiger partial charge in [-0.1, -0.05) is 12.8 Å². The van der Waals surface area contributed by atoms with Gasteiger partial charge in [0.05, 0.1) is 12.5 Å². The largest absolute Gasteiger partial charge is 0.395 e. The highest BCUT2D eigenvalue weighted by molar-refractivity contribution is 5.80. The lowest BCUT2D eigenvalue weighted by atomic mass is 9.78. The molecule has 2 saturated carbocycles. The third-order valence-electron chi connectivity index (χ3n) is 4.12. The summed E-state index contributed by atoms with van der Waals surface area (Å²) >= 11 is 0. The lowest BCUT2D eigenvalue weighted by Crippen LogP contribution is -2.46. The molecule has 0 radical (unpaired) electrons. The maximum Gasteiger partial charge on any atom is 0.392 e. The second-order valence-corrected chi connectivity index (χ2v) is 5.53. The lowest BCUT2D eigenvalue weighted by molar-refractivity contribution is -0.201. The number of alkyl halides is 3. The van der Waals surface area contributed by atoms with Gasteiger partial charge in [0.2, 0.25) is 5.91 Å². The second kappa shape index (κ2) is 5.69. The second-order valence-electron chi connectivity index (χ2n) is 5.53. The number of rotatable bonds is 4. The van der Waals surface area contributed by atoms with Crippen molar-refractivity contribution in [1.29, 1.82) is 0 Å². The maximum atomic E-state index is 13.0. The van der Waals surface area contributed by atoms with Gasteiger partial charge in [0.1, 0.15) is 0 Å². The first-order valence-corrected chi connectivity index (χ1v) is 6.93. The van der Waals surface area contributed by atoms with Crippen LogP contribution in [0.1, 0.15) is 38.5 Å². The summed E-state index contributed by atoms with van der Waals surface area (Å²) in [6, 6.07) is 0.0514. The van der Waals surface area contributed by atoms with Crippen LogP contribution in [0.15, 0.2) is 0 Å². The summed E-state index contributed by atoms with van der Waals surface area (Å²) < 4.78 is 39.0. The highest BCUT2D eigenvalue weighted by Crippen LogP contribution is 2.43. The summed E-state index contributed by atoms with van der Waals surface area (Å²) in [6.45, 7) is -0.0315. The fourth-order valence-corrected chi connectivity index (χ4v) is 3.00. The quantitative estimate of drug-likeness (QED) is 0.858. The number of aliphatic hydroxyl groups excluding tert-OH is 1. The Morgan fingerprint density at radius 2 is 1.79 bits per heavy atom. The number of hydrogen-bond acceptors (Lipinski definition) is 2. The Balaban J connectivity index is 2.09. The molecule has 1 amide bonds. The molecule has 110 valence electrons. The van der Waals surface area contributed by atoms with E-state index in [0.717, 1.165) is 12.8 Å². The van der Waals surface area contributed by atoms with Gasteiger partial charge >= 0.3 is 6.18 Å². The van der Waals surface area contributed by atoms with Crippen molar-refractivity contribution in [2.75, 3.05) is 13.2 Å². The van der Waals surface area contributed by atoms with E-state index in [2.05, 4.69) is 0 Å². The van der Waals surface area contributed by atoms with Gasteiger partial charge in [-0.25, -0.2) is 0 Å². The van der Waals surface area contributed by atoms with Crippen molar-refractivity contribution in [1.82, 2.24) is 4.90 Å². The van der Waals surface area contributed by atoms with Gasteiger partial charge in [-0.3, -0.25) is 4.79 Å². The standard InChI is InChI=1S/C13H20F3NO2/c14-13(15,16)11-4-2-1-3-10(11)12(19)17(7-8-18)9-5-6-9/h9-11,18H,1-8H2. The molecule has 1 N–H and O–H groups in total. The van der Waals surface area contributed by atoms with Crippen molar-refractivity contribution in [3.63, 3.8) is 0 Å². The average Bonchev–Trinajstić information content (AvgIpc) is 3.18. The van der Waals surface area contributed by atoms with Crippen LogP contribution in [0, 0.1) is 11.8 Å². The molecule has 2 aliphatic carbocycles. The molecule has 0 bridgehead atoms. The number of nitrogens with zero attached hydrogens (tertiary/aromatic N) is 1. The first kappa shape index (κ1) is 14.6. The van der Waals surface area contributed by atoms with Gasteiger partial charge in [-0.05, 0) is 25.7 Å². The molecule has 0 saturated heterocycles. The van der Waals surface area contributed by atoms with Crippen LogP contribution in [0.2, 0.25) is 0 Å². The number of halogens is 3. The Kier molecular flexibility index (Phi) is 4.38. The van der Waals surface area contributed by atoms with E-state index in [-0.39, 0.29) is 25.6 Å². The van der Waals surface area contributed by atoms with Crippen molar-refractivity contribution >= 4 is 5.91 Å². The van der Waals surface area contributed by atoms with Crippen LogP contribution in [0.5, 0.6) is 0 Å². The van der Waals surface area contributed by atoms with E-state index in [1.54, 1.807) is 0 Å². The Labute approximate surface area is 110 Å². The minimum atomic E-state index is -4.30. The Morgan fingerprint density at radius 3 is 2.32 bits per heavy atom. The van der Waals surface area contributed by atoms with E-state index >= 15 is 0 Å². The molecule has 3 nitrogen and oxygen atoms in total. The summed E-state index contributed by atoms with van der Waals surface area (Å²) in [4.78, 5) is 13.8. The van der Waals surface area contributed by atoms with E-state index in [1.165, 1.54) is 4.90 Å². The molecule has 0 spiro atoms. The molecule has 0 aromatic rings. The Hall–Kier alpha value is -0.780. The molecule has 0 heterocycles. The molecule has 0 aromatic heterocycles. The number of aliphatic hydroxyl groups is 1. The lowest BCUT2D eigenvalue weighted by Gasteiger charge is -2.35. The van der Waals surface area contributed by atoms with Gasteiger partial charge in [0.25, 0.3) is 0 Å². The molecule has 19 heavy (non-hydrogen) atoms. The van der Waals surface area contributed by atoms with E-state index in [0.29, 0.717) is 19.3 Å². The van der Waals surface area contributed by atoms with Gasteiger partial charge < -0.3 is 10.0 Å². The minimum Gasteiger partial charge on any atom is -0.395 e. The van der Waals surface area contributed by atoms with Crippen LogP contribution in [-0.4, -0.2) is 41.3 Å². The SMILES string of the molecule is O=C(C1CCCCC1C(F)(F)F)N(CCO)C1CC1. The molecule has 2 atom stereocenters. The topological polar surface area (TPSA) is 40.5 Å². The van der Waals surface area contributed by atoms with Crippen molar-refractivity contribution in [2.45, 2.75) is 50.7 Å². The third-order valence-corrected chi connectivity index (χ3v) is 4.12. The Morgan fingerprint density at radius 1 is 1.16 bits per heavy atom. The number of hydrogen-bond donors (Lipinski definition) is 1. The molecule has 6 heteroatoms. The number of carbonyl (C=O) groups is 1. The zero-order chi connectivity index (χ0) is 14.0. The van der Waals surface area contributed by atoms with Crippen molar-refractivity contribution < 1.29 is 23.1 Å². The van der Waals surface area contributed by atoms with Gasteiger partial charge in [-0.15, -0.1) is 0 Å². The molecule has 2 rings (SSSR count). The first-order chi connectivity index (χ1) is 8.95.